The Labute approximate surface area is 137 Å². The summed E-state index contributed by atoms with van der Waals surface area (Å²) < 4.78 is 0. The largest absolute Gasteiger partial charge is 0.343 e. The van der Waals surface area contributed by atoms with E-state index in [1.54, 1.807) is 0 Å². The molecule has 1 aliphatic heterocycles. The summed E-state index contributed by atoms with van der Waals surface area (Å²) in [6.07, 6.45) is 1.13. The number of aryl methyl sites for hydroxylation is 3. The average molecular weight is 312 g/mol. The van der Waals surface area contributed by atoms with Crippen molar-refractivity contribution in [2.45, 2.75) is 34.1 Å². The van der Waals surface area contributed by atoms with Gasteiger partial charge >= 0.3 is 0 Å². The third kappa shape index (κ3) is 3.42. The molecule has 0 spiro atoms. The van der Waals surface area contributed by atoms with Gasteiger partial charge in [-0.1, -0.05) is 6.92 Å². The number of hydrogen-bond acceptors (Lipinski definition) is 6. The Morgan fingerprint density at radius 2 is 1.96 bits per heavy atom. The molecule has 0 radical (unpaired) electrons. The van der Waals surface area contributed by atoms with Crippen LogP contribution in [0.3, 0.4) is 0 Å². The topological polar surface area (TPSA) is 65.4 Å². The summed E-state index contributed by atoms with van der Waals surface area (Å²) in [6.45, 7) is 11.0. The lowest BCUT2D eigenvalue weighted by Crippen LogP contribution is -2.46. The highest BCUT2D eigenvalue weighted by Crippen LogP contribution is 2.21. The van der Waals surface area contributed by atoms with Crippen LogP contribution >= 0.6 is 0 Å². The Morgan fingerprint density at radius 3 is 2.65 bits per heavy atom. The van der Waals surface area contributed by atoms with Gasteiger partial charge in [-0.2, -0.15) is 0 Å². The average Bonchev–Trinajstić information content (AvgIpc) is 2.52. The summed E-state index contributed by atoms with van der Waals surface area (Å²) in [7, 11) is 0. The van der Waals surface area contributed by atoms with E-state index in [2.05, 4.69) is 63.4 Å². The van der Waals surface area contributed by atoms with Gasteiger partial charge in [-0.25, -0.2) is 15.0 Å². The first kappa shape index (κ1) is 15.7. The number of hydrogen-bond donors (Lipinski definition) is 2. The SMILES string of the molecule is CCCN1CN=C(Nc2nc(C)c3cc(C)c(C)cc3n2)NC1. The van der Waals surface area contributed by atoms with Crippen molar-refractivity contribution in [1.29, 1.82) is 0 Å². The zero-order valence-electron chi connectivity index (χ0n) is 14.3. The molecule has 6 nitrogen and oxygen atoms in total. The summed E-state index contributed by atoms with van der Waals surface area (Å²) in [5.74, 6) is 1.33. The van der Waals surface area contributed by atoms with Crippen LogP contribution in [0, 0.1) is 20.8 Å². The van der Waals surface area contributed by atoms with Crippen LogP contribution in [0.4, 0.5) is 5.95 Å². The Bertz CT molecular complexity index is 752. The minimum absolute atomic E-state index is 0.591. The van der Waals surface area contributed by atoms with Crippen LogP contribution in [0.25, 0.3) is 10.9 Å². The van der Waals surface area contributed by atoms with Crippen LogP contribution in [0.2, 0.25) is 0 Å². The van der Waals surface area contributed by atoms with Gasteiger partial charge in [-0.3, -0.25) is 10.2 Å². The molecule has 23 heavy (non-hydrogen) atoms. The molecular weight excluding hydrogens is 288 g/mol. The van der Waals surface area contributed by atoms with Crippen LogP contribution in [0.5, 0.6) is 0 Å². The van der Waals surface area contributed by atoms with E-state index in [-0.39, 0.29) is 0 Å². The first-order chi connectivity index (χ1) is 11.1. The van der Waals surface area contributed by atoms with E-state index in [1.165, 1.54) is 11.1 Å². The third-order valence-electron chi connectivity index (χ3n) is 4.17. The van der Waals surface area contributed by atoms with E-state index >= 15 is 0 Å². The first-order valence-corrected chi connectivity index (χ1v) is 8.10. The first-order valence-electron chi connectivity index (χ1n) is 8.10. The summed E-state index contributed by atoms with van der Waals surface area (Å²) in [5, 5.41) is 7.58. The number of aromatic nitrogens is 2. The Kier molecular flexibility index (Phi) is 4.43. The summed E-state index contributed by atoms with van der Waals surface area (Å²) in [5.41, 5.74) is 4.45. The van der Waals surface area contributed by atoms with Gasteiger partial charge in [0.1, 0.15) is 0 Å². The number of anilines is 1. The Hall–Kier alpha value is -2.21. The lowest BCUT2D eigenvalue weighted by Gasteiger charge is -2.26. The van der Waals surface area contributed by atoms with Gasteiger partial charge < -0.3 is 5.32 Å². The highest BCUT2D eigenvalue weighted by atomic mass is 15.4. The van der Waals surface area contributed by atoms with Gasteiger partial charge in [-0.15, -0.1) is 0 Å². The lowest BCUT2D eigenvalue weighted by atomic mass is 10.1. The maximum atomic E-state index is 4.63. The zero-order chi connectivity index (χ0) is 16.4. The predicted molar refractivity (Wildman–Crippen MR) is 94.7 cm³/mol. The van der Waals surface area contributed by atoms with Gasteiger partial charge in [-0.05, 0) is 50.5 Å². The smallest absolute Gasteiger partial charge is 0.230 e. The Morgan fingerprint density at radius 1 is 1.17 bits per heavy atom. The van der Waals surface area contributed by atoms with Crippen molar-refractivity contribution >= 4 is 22.8 Å². The van der Waals surface area contributed by atoms with Gasteiger partial charge in [0, 0.05) is 11.9 Å². The van der Waals surface area contributed by atoms with E-state index < -0.39 is 0 Å². The van der Waals surface area contributed by atoms with Crippen LogP contribution in [0.1, 0.15) is 30.2 Å². The van der Waals surface area contributed by atoms with Crippen LogP contribution in [0.15, 0.2) is 17.1 Å². The number of nitrogens with one attached hydrogen (secondary N) is 2. The number of benzene rings is 1. The zero-order valence-corrected chi connectivity index (χ0v) is 14.3. The fourth-order valence-corrected chi connectivity index (χ4v) is 2.72. The summed E-state index contributed by atoms with van der Waals surface area (Å²) in [4.78, 5) is 16.0. The van der Waals surface area contributed by atoms with Crippen LogP contribution in [-0.4, -0.2) is 40.7 Å². The normalized spacial score (nSPS) is 15.4. The fraction of sp³-hybridized carbons (Fsp3) is 0.471. The van der Waals surface area contributed by atoms with Gasteiger partial charge in [0.05, 0.1) is 24.5 Å². The molecule has 6 heteroatoms. The molecule has 2 aromatic rings. The van der Waals surface area contributed by atoms with Gasteiger partial charge in [0.2, 0.25) is 11.9 Å². The molecule has 1 aromatic heterocycles. The number of guanidine groups is 1. The molecule has 0 bridgehead atoms. The number of aliphatic imine (C=N–C) groups is 1. The fourth-order valence-electron chi connectivity index (χ4n) is 2.72. The van der Waals surface area contributed by atoms with Crippen molar-refractivity contribution < 1.29 is 0 Å². The highest BCUT2D eigenvalue weighted by Gasteiger charge is 2.13. The third-order valence-corrected chi connectivity index (χ3v) is 4.17. The molecule has 1 aliphatic rings. The van der Waals surface area contributed by atoms with Crippen molar-refractivity contribution in [2.75, 3.05) is 25.2 Å². The molecule has 0 atom stereocenters. The monoisotopic (exact) mass is 312 g/mol. The molecule has 0 unspecified atom stereocenters. The molecule has 3 rings (SSSR count). The molecular formula is C17H24N6. The van der Waals surface area contributed by atoms with Crippen molar-refractivity contribution in [3.63, 3.8) is 0 Å². The standard InChI is InChI=1S/C17H24N6/c1-5-6-23-9-18-16(19-10-23)22-17-20-13(4)14-7-11(2)12(3)8-15(14)21-17/h7-8H,5-6,9-10H2,1-4H3,(H2,18,19,20,21,22). The molecule has 0 amide bonds. The van der Waals surface area contributed by atoms with E-state index in [0.717, 1.165) is 42.2 Å². The van der Waals surface area contributed by atoms with Crippen molar-refractivity contribution in [1.82, 2.24) is 20.2 Å². The molecule has 0 aliphatic carbocycles. The molecule has 0 saturated carbocycles. The molecule has 2 N–H and O–H groups in total. The quantitative estimate of drug-likeness (QED) is 0.912. The van der Waals surface area contributed by atoms with E-state index in [1.807, 2.05) is 6.92 Å². The van der Waals surface area contributed by atoms with Crippen molar-refractivity contribution in [2.24, 2.45) is 4.99 Å². The Balaban J connectivity index is 1.83. The van der Waals surface area contributed by atoms with E-state index in [0.29, 0.717) is 12.6 Å². The van der Waals surface area contributed by atoms with Gasteiger partial charge in [0.15, 0.2) is 0 Å². The number of rotatable bonds is 3. The predicted octanol–water partition coefficient (Wildman–Crippen LogP) is 2.55. The second-order valence-corrected chi connectivity index (χ2v) is 6.09. The molecule has 0 saturated heterocycles. The molecule has 0 fully saturated rings. The van der Waals surface area contributed by atoms with Crippen LogP contribution in [-0.2, 0) is 0 Å². The minimum atomic E-state index is 0.591. The maximum absolute atomic E-state index is 4.63. The second-order valence-electron chi connectivity index (χ2n) is 6.09. The minimum Gasteiger partial charge on any atom is -0.343 e. The molecule has 2 heterocycles. The van der Waals surface area contributed by atoms with E-state index in [9.17, 15) is 0 Å². The van der Waals surface area contributed by atoms with E-state index in [4.69, 9.17) is 0 Å². The maximum Gasteiger partial charge on any atom is 0.230 e. The highest BCUT2D eigenvalue weighted by molar-refractivity contribution is 5.93. The second kappa shape index (κ2) is 6.50. The number of fused-ring (bicyclic) bond motifs is 1. The van der Waals surface area contributed by atoms with Crippen LogP contribution < -0.4 is 10.6 Å². The summed E-state index contributed by atoms with van der Waals surface area (Å²) >= 11 is 0. The molecule has 1 aromatic carbocycles. The van der Waals surface area contributed by atoms with Crippen molar-refractivity contribution in [3.05, 3.63) is 29.0 Å². The summed E-state index contributed by atoms with van der Waals surface area (Å²) in [6, 6.07) is 4.27. The number of nitrogens with zero attached hydrogens (tertiary/aromatic N) is 4. The van der Waals surface area contributed by atoms with Crippen molar-refractivity contribution in [3.8, 4) is 0 Å². The molecule has 122 valence electrons. The van der Waals surface area contributed by atoms with Gasteiger partial charge in [0.25, 0.3) is 0 Å². The lowest BCUT2D eigenvalue weighted by molar-refractivity contribution is 0.265.